The summed E-state index contributed by atoms with van der Waals surface area (Å²) in [6.45, 7) is 4.81. The van der Waals surface area contributed by atoms with Crippen LogP contribution in [0.25, 0.3) is 0 Å². The molecule has 0 saturated heterocycles. The van der Waals surface area contributed by atoms with Gasteiger partial charge in [-0.25, -0.2) is 0 Å². The predicted molar refractivity (Wildman–Crippen MR) is 78.3 cm³/mol. The lowest BCUT2D eigenvalue weighted by atomic mass is 10.1. The molecule has 1 aromatic carbocycles. The number of Topliss-reactive ketones (excluding diaryl/α,β-unsaturated/α-hetero) is 1. The third-order valence-corrected chi connectivity index (χ3v) is 3.21. The van der Waals surface area contributed by atoms with Crippen LogP contribution >= 0.6 is 0 Å². The standard InChI is InChI=1S/C16H20N2O2/c1-4-9-18-16(15(20-3)11-17-18)14(19)10-13-7-5-12(2)6-8-13/h5-8,11H,4,9-10H2,1-3H3. The molecule has 0 aliphatic carbocycles. The maximum absolute atomic E-state index is 12.5. The second kappa shape index (κ2) is 6.37. The first-order chi connectivity index (χ1) is 9.65. The molecule has 0 unspecified atom stereocenters. The SMILES string of the molecule is CCCn1ncc(OC)c1C(=O)Cc1ccc(C)cc1. The minimum Gasteiger partial charge on any atom is -0.493 e. The molecule has 20 heavy (non-hydrogen) atoms. The zero-order valence-electron chi connectivity index (χ0n) is 12.2. The number of carbonyl (C=O) groups is 1. The zero-order valence-corrected chi connectivity index (χ0v) is 12.2. The molecule has 2 rings (SSSR count). The molecule has 4 heteroatoms. The second-order valence-electron chi connectivity index (χ2n) is 4.87. The van der Waals surface area contributed by atoms with Crippen LogP contribution < -0.4 is 4.74 Å². The van der Waals surface area contributed by atoms with Crippen molar-refractivity contribution in [1.29, 1.82) is 0 Å². The largest absolute Gasteiger partial charge is 0.493 e. The fraction of sp³-hybridized carbons (Fsp3) is 0.375. The summed E-state index contributed by atoms with van der Waals surface area (Å²) in [6.07, 6.45) is 2.90. The third-order valence-electron chi connectivity index (χ3n) is 3.21. The van der Waals surface area contributed by atoms with Gasteiger partial charge in [0.15, 0.2) is 11.5 Å². The Balaban J connectivity index is 2.23. The Morgan fingerprint density at radius 3 is 2.60 bits per heavy atom. The van der Waals surface area contributed by atoms with E-state index in [-0.39, 0.29) is 5.78 Å². The number of ketones is 1. The fourth-order valence-electron chi connectivity index (χ4n) is 2.16. The van der Waals surface area contributed by atoms with E-state index in [1.807, 2.05) is 31.2 Å². The predicted octanol–water partition coefficient (Wildman–Crippen LogP) is 3.04. The van der Waals surface area contributed by atoms with Gasteiger partial charge >= 0.3 is 0 Å². The molecular formula is C16H20N2O2. The zero-order chi connectivity index (χ0) is 14.5. The number of aryl methyl sites for hydroxylation is 2. The molecule has 0 N–H and O–H groups in total. The number of rotatable bonds is 6. The van der Waals surface area contributed by atoms with E-state index in [2.05, 4.69) is 12.0 Å². The summed E-state index contributed by atoms with van der Waals surface area (Å²) in [6, 6.07) is 8.01. The van der Waals surface area contributed by atoms with Gasteiger partial charge in [-0.15, -0.1) is 0 Å². The average molecular weight is 272 g/mol. The van der Waals surface area contributed by atoms with Gasteiger partial charge in [0.1, 0.15) is 5.69 Å². The summed E-state index contributed by atoms with van der Waals surface area (Å²) in [5.74, 6) is 0.590. The molecule has 0 aliphatic heterocycles. The summed E-state index contributed by atoms with van der Waals surface area (Å²) >= 11 is 0. The molecule has 0 bridgehead atoms. The Labute approximate surface area is 119 Å². The van der Waals surface area contributed by atoms with Crippen molar-refractivity contribution in [2.75, 3.05) is 7.11 Å². The topological polar surface area (TPSA) is 44.1 Å². The van der Waals surface area contributed by atoms with Crippen molar-refractivity contribution in [2.45, 2.75) is 33.2 Å². The molecule has 1 heterocycles. The molecule has 2 aromatic rings. The van der Waals surface area contributed by atoms with Crippen LogP contribution in [0.3, 0.4) is 0 Å². The number of ether oxygens (including phenoxy) is 1. The molecule has 106 valence electrons. The maximum atomic E-state index is 12.5. The Kier molecular flexibility index (Phi) is 4.56. The number of nitrogens with zero attached hydrogens (tertiary/aromatic N) is 2. The molecule has 1 aromatic heterocycles. The van der Waals surface area contributed by atoms with E-state index >= 15 is 0 Å². The lowest BCUT2D eigenvalue weighted by Crippen LogP contribution is -2.13. The first kappa shape index (κ1) is 14.3. The number of methoxy groups -OCH3 is 1. The Morgan fingerprint density at radius 1 is 1.30 bits per heavy atom. The first-order valence-electron chi connectivity index (χ1n) is 6.84. The normalized spacial score (nSPS) is 10.6. The molecule has 0 saturated carbocycles. The van der Waals surface area contributed by atoms with E-state index in [1.54, 1.807) is 18.0 Å². The van der Waals surface area contributed by atoms with Gasteiger partial charge in [-0.05, 0) is 18.9 Å². The van der Waals surface area contributed by atoms with Gasteiger partial charge in [0.2, 0.25) is 0 Å². The van der Waals surface area contributed by atoms with Crippen molar-refractivity contribution in [1.82, 2.24) is 9.78 Å². The van der Waals surface area contributed by atoms with Crippen molar-refractivity contribution < 1.29 is 9.53 Å². The molecule has 0 spiro atoms. The summed E-state index contributed by atoms with van der Waals surface area (Å²) in [4.78, 5) is 12.5. The van der Waals surface area contributed by atoms with E-state index < -0.39 is 0 Å². The van der Waals surface area contributed by atoms with Gasteiger partial charge in [0, 0.05) is 13.0 Å². The van der Waals surface area contributed by atoms with Gasteiger partial charge in [-0.1, -0.05) is 36.8 Å². The number of benzene rings is 1. The molecule has 0 atom stereocenters. The fourth-order valence-corrected chi connectivity index (χ4v) is 2.16. The van der Waals surface area contributed by atoms with Gasteiger partial charge < -0.3 is 4.74 Å². The number of aromatic nitrogens is 2. The monoisotopic (exact) mass is 272 g/mol. The average Bonchev–Trinajstić information content (AvgIpc) is 2.85. The van der Waals surface area contributed by atoms with Crippen LogP contribution in [0.2, 0.25) is 0 Å². The lowest BCUT2D eigenvalue weighted by molar-refractivity contribution is 0.0979. The van der Waals surface area contributed by atoms with Crippen molar-refractivity contribution >= 4 is 5.78 Å². The number of hydrogen-bond donors (Lipinski definition) is 0. The van der Waals surface area contributed by atoms with E-state index in [1.165, 1.54) is 5.56 Å². The summed E-state index contributed by atoms with van der Waals surface area (Å²) in [5, 5.41) is 4.22. The van der Waals surface area contributed by atoms with Crippen molar-refractivity contribution in [2.24, 2.45) is 0 Å². The van der Waals surface area contributed by atoms with Crippen molar-refractivity contribution in [3.8, 4) is 5.75 Å². The van der Waals surface area contributed by atoms with Crippen LogP contribution in [-0.2, 0) is 13.0 Å². The van der Waals surface area contributed by atoms with Gasteiger partial charge in [-0.2, -0.15) is 5.10 Å². The third kappa shape index (κ3) is 3.07. The summed E-state index contributed by atoms with van der Waals surface area (Å²) in [5.41, 5.74) is 2.76. The highest BCUT2D eigenvalue weighted by atomic mass is 16.5. The minimum absolute atomic E-state index is 0.0386. The van der Waals surface area contributed by atoms with E-state index in [4.69, 9.17) is 4.74 Å². The van der Waals surface area contributed by atoms with E-state index in [0.29, 0.717) is 17.9 Å². The summed E-state index contributed by atoms with van der Waals surface area (Å²) in [7, 11) is 1.57. The van der Waals surface area contributed by atoms with Gasteiger partial charge in [0.25, 0.3) is 0 Å². The second-order valence-corrected chi connectivity index (χ2v) is 4.87. The van der Waals surface area contributed by atoms with Crippen LogP contribution in [0, 0.1) is 6.92 Å². The van der Waals surface area contributed by atoms with Crippen LogP contribution in [0.15, 0.2) is 30.5 Å². The molecule has 0 fully saturated rings. The highest BCUT2D eigenvalue weighted by Crippen LogP contribution is 2.20. The molecule has 0 amide bonds. The molecule has 4 nitrogen and oxygen atoms in total. The Morgan fingerprint density at radius 2 is 2.00 bits per heavy atom. The summed E-state index contributed by atoms with van der Waals surface area (Å²) < 4.78 is 6.98. The quantitative estimate of drug-likeness (QED) is 0.759. The first-order valence-corrected chi connectivity index (χ1v) is 6.84. The molecule has 0 aliphatic rings. The number of carbonyl (C=O) groups excluding carboxylic acids is 1. The van der Waals surface area contributed by atoms with Crippen LogP contribution in [0.1, 0.15) is 35.0 Å². The highest BCUT2D eigenvalue weighted by Gasteiger charge is 2.19. The van der Waals surface area contributed by atoms with Gasteiger partial charge in [-0.3, -0.25) is 9.48 Å². The van der Waals surface area contributed by atoms with E-state index in [0.717, 1.165) is 18.5 Å². The van der Waals surface area contributed by atoms with Crippen LogP contribution in [0.5, 0.6) is 5.75 Å². The molecular weight excluding hydrogens is 252 g/mol. The highest BCUT2D eigenvalue weighted by molar-refractivity contribution is 5.98. The Hall–Kier alpha value is -2.10. The van der Waals surface area contributed by atoms with Crippen LogP contribution in [0.4, 0.5) is 0 Å². The number of hydrogen-bond acceptors (Lipinski definition) is 3. The van der Waals surface area contributed by atoms with E-state index in [9.17, 15) is 4.79 Å². The van der Waals surface area contributed by atoms with Crippen LogP contribution in [-0.4, -0.2) is 22.7 Å². The Bertz CT molecular complexity index is 585. The lowest BCUT2D eigenvalue weighted by Gasteiger charge is -2.07. The van der Waals surface area contributed by atoms with Gasteiger partial charge in [0.05, 0.1) is 13.3 Å². The van der Waals surface area contributed by atoms with Crippen molar-refractivity contribution in [3.05, 3.63) is 47.3 Å². The molecule has 0 radical (unpaired) electrons. The van der Waals surface area contributed by atoms with Crippen molar-refractivity contribution in [3.63, 3.8) is 0 Å². The minimum atomic E-state index is 0.0386. The smallest absolute Gasteiger partial charge is 0.189 e. The maximum Gasteiger partial charge on any atom is 0.189 e.